The van der Waals surface area contributed by atoms with Crippen molar-refractivity contribution in [2.45, 2.75) is 11.8 Å². The molecule has 0 fully saturated rings. The van der Waals surface area contributed by atoms with Crippen molar-refractivity contribution in [3.8, 4) is 0 Å². The minimum atomic E-state index is -3.98. The van der Waals surface area contributed by atoms with Gasteiger partial charge in [-0.2, -0.15) is 0 Å². The maximum Gasteiger partial charge on any atom is 0.261 e. The van der Waals surface area contributed by atoms with Gasteiger partial charge in [0.1, 0.15) is 0 Å². The minimum absolute atomic E-state index is 0.0191. The molecule has 3 aromatic rings. The van der Waals surface area contributed by atoms with Crippen molar-refractivity contribution in [1.29, 1.82) is 0 Å². The first kappa shape index (κ1) is 20.0. The molecule has 0 spiro atoms. The average molecular weight is 535 g/mol. The van der Waals surface area contributed by atoms with Crippen molar-refractivity contribution in [1.82, 2.24) is 0 Å². The third kappa shape index (κ3) is 3.35. The molecule has 3 aromatic carbocycles. The summed E-state index contributed by atoms with van der Waals surface area (Å²) in [5.74, 6) is -0.760. The van der Waals surface area contributed by atoms with Crippen LogP contribution < -0.4 is 4.72 Å². The fourth-order valence-corrected chi connectivity index (χ4v) is 5.89. The van der Waals surface area contributed by atoms with E-state index in [4.69, 9.17) is 0 Å². The molecule has 29 heavy (non-hydrogen) atoms. The zero-order chi connectivity index (χ0) is 20.9. The second-order valence-corrected chi connectivity index (χ2v) is 9.98. The van der Waals surface area contributed by atoms with Gasteiger partial charge in [-0.05, 0) is 57.0 Å². The number of ketones is 2. The summed E-state index contributed by atoms with van der Waals surface area (Å²) in [5, 5.41) is 0. The highest BCUT2D eigenvalue weighted by Gasteiger charge is 2.35. The summed E-state index contributed by atoms with van der Waals surface area (Å²) in [6.45, 7) is 1.85. The highest BCUT2D eigenvalue weighted by atomic mass is 79.9. The standard InChI is InChI=1S/C21H13Br2NO4S/c1-11-6-8-12(9-7-11)29(27,28)24-19-16(23)10-15(22)17-18(19)21(26)14-5-3-2-4-13(14)20(17)25/h2-10,24H,1H3. The summed E-state index contributed by atoms with van der Waals surface area (Å²) < 4.78 is 29.1. The van der Waals surface area contributed by atoms with Gasteiger partial charge in [-0.15, -0.1) is 0 Å². The van der Waals surface area contributed by atoms with E-state index in [0.29, 0.717) is 14.5 Å². The van der Waals surface area contributed by atoms with Crippen LogP contribution in [-0.2, 0) is 10.0 Å². The Morgan fingerprint density at radius 1 is 0.793 bits per heavy atom. The Hall–Kier alpha value is -2.29. The summed E-state index contributed by atoms with van der Waals surface area (Å²) in [4.78, 5) is 26.3. The summed E-state index contributed by atoms with van der Waals surface area (Å²) >= 11 is 6.67. The molecule has 1 aliphatic carbocycles. The average Bonchev–Trinajstić information content (AvgIpc) is 2.68. The molecule has 0 saturated carbocycles. The lowest BCUT2D eigenvalue weighted by molar-refractivity contribution is 0.0979. The Morgan fingerprint density at radius 3 is 1.93 bits per heavy atom. The van der Waals surface area contributed by atoms with E-state index in [0.717, 1.165) is 5.56 Å². The number of hydrogen-bond donors (Lipinski definition) is 1. The van der Waals surface area contributed by atoms with Crippen molar-refractivity contribution in [2.75, 3.05) is 4.72 Å². The van der Waals surface area contributed by atoms with Crippen LogP contribution >= 0.6 is 31.9 Å². The number of aryl methyl sites for hydroxylation is 1. The molecule has 0 saturated heterocycles. The molecule has 1 N–H and O–H groups in total. The highest BCUT2D eigenvalue weighted by Crippen LogP contribution is 2.41. The lowest BCUT2D eigenvalue weighted by Crippen LogP contribution is -2.25. The van der Waals surface area contributed by atoms with Gasteiger partial charge in [-0.25, -0.2) is 8.42 Å². The van der Waals surface area contributed by atoms with E-state index < -0.39 is 15.8 Å². The van der Waals surface area contributed by atoms with E-state index in [1.165, 1.54) is 12.1 Å². The van der Waals surface area contributed by atoms with E-state index in [1.54, 1.807) is 42.5 Å². The van der Waals surface area contributed by atoms with Gasteiger partial charge in [0.2, 0.25) is 0 Å². The Labute approximate surface area is 184 Å². The maximum atomic E-state index is 13.2. The van der Waals surface area contributed by atoms with E-state index in [1.807, 2.05) is 6.92 Å². The number of nitrogens with one attached hydrogen (secondary N) is 1. The Kier molecular flexibility index (Phi) is 4.96. The molecule has 146 valence electrons. The van der Waals surface area contributed by atoms with Crippen LogP contribution in [0.4, 0.5) is 5.69 Å². The molecule has 4 rings (SSSR count). The lowest BCUT2D eigenvalue weighted by atomic mass is 9.83. The van der Waals surface area contributed by atoms with Crippen molar-refractivity contribution >= 4 is 59.1 Å². The van der Waals surface area contributed by atoms with E-state index in [9.17, 15) is 18.0 Å². The van der Waals surface area contributed by atoms with Gasteiger partial charge in [-0.1, -0.05) is 42.0 Å². The minimum Gasteiger partial charge on any atom is -0.289 e. The van der Waals surface area contributed by atoms with Crippen LogP contribution in [0.2, 0.25) is 0 Å². The molecule has 5 nitrogen and oxygen atoms in total. The molecule has 8 heteroatoms. The SMILES string of the molecule is Cc1ccc(S(=O)(=O)Nc2c(Br)cc(Br)c3c2C(=O)c2ccccc2C3=O)cc1. The van der Waals surface area contributed by atoms with Crippen molar-refractivity contribution in [2.24, 2.45) is 0 Å². The predicted octanol–water partition coefficient (Wildman–Crippen LogP) is 5.10. The van der Waals surface area contributed by atoms with Gasteiger partial charge in [0.15, 0.2) is 11.6 Å². The highest BCUT2D eigenvalue weighted by molar-refractivity contribution is 9.11. The second-order valence-electron chi connectivity index (χ2n) is 6.59. The fraction of sp³-hybridized carbons (Fsp3) is 0.0476. The Bertz CT molecular complexity index is 1300. The van der Waals surface area contributed by atoms with E-state index in [2.05, 4.69) is 36.6 Å². The van der Waals surface area contributed by atoms with Crippen LogP contribution in [-0.4, -0.2) is 20.0 Å². The molecule has 0 amide bonds. The number of hydrogen-bond acceptors (Lipinski definition) is 4. The number of rotatable bonds is 3. The van der Waals surface area contributed by atoms with Crippen LogP contribution in [0.25, 0.3) is 0 Å². The monoisotopic (exact) mass is 533 g/mol. The number of fused-ring (bicyclic) bond motifs is 2. The van der Waals surface area contributed by atoms with E-state index >= 15 is 0 Å². The topological polar surface area (TPSA) is 80.3 Å². The molecule has 0 heterocycles. The summed E-state index contributed by atoms with van der Waals surface area (Å²) in [7, 11) is -3.98. The first-order chi connectivity index (χ1) is 13.7. The summed E-state index contributed by atoms with van der Waals surface area (Å²) in [5.41, 5.74) is 1.65. The first-order valence-electron chi connectivity index (χ1n) is 8.50. The molecule has 0 bridgehead atoms. The predicted molar refractivity (Wildman–Crippen MR) is 117 cm³/mol. The van der Waals surface area contributed by atoms with Crippen molar-refractivity contribution < 1.29 is 18.0 Å². The molecule has 0 aliphatic heterocycles. The number of benzene rings is 3. The van der Waals surface area contributed by atoms with Gasteiger partial charge in [0, 0.05) is 20.1 Å². The Balaban J connectivity index is 1.91. The maximum absolute atomic E-state index is 13.2. The first-order valence-corrected chi connectivity index (χ1v) is 11.6. The molecule has 1 aliphatic rings. The molecular weight excluding hydrogens is 522 g/mol. The molecule has 0 atom stereocenters. The van der Waals surface area contributed by atoms with Crippen LogP contribution in [0, 0.1) is 6.92 Å². The Morgan fingerprint density at radius 2 is 1.34 bits per heavy atom. The summed E-state index contributed by atoms with van der Waals surface area (Å²) in [6, 6.07) is 14.4. The number of sulfonamides is 1. The number of halogens is 2. The van der Waals surface area contributed by atoms with E-state index in [-0.39, 0.29) is 33.1 Å². The van der Waals surface area contributed by atoms with Crippen molar-refractivity contribution in [3.05, 3.63) is 91.4 Å². The number of anilines is 1. The molecule has 0 unspecified atom stereocenters. The van der Waals surface area contributed by atoms with Gasteiger partial charge < -0.3 is 0 Å². The zero-order valence-corrected chi connectivity index (χ0v) is 19.0. The smallest absolute Gasteiger partial charge is 0.261 e. The van der Waals surface area contributed by atoms with Gasteiger partial charge >= 0.3 is 0 Å². The zero-order valence-electron chi connectivity index (χ0n) is 15.0. The van der Waals surface area contributed by atoms with Gasteiger partial charge in [0.05, 0.1) is 21.7 Å². The lowest BCUT2D eigenvalue weighted by Gasteiger charge is -2.23. The van der Waals surface area contributed by atoms with Crippen LogP contribution in [0.5, 0.6) is 0 Å². The molecule has 0 aromatic heterocycles. The van der Waals surface area contributed by atoms with Gasteiger partial charge in [-0.3, -0.25) is 14.3 Å². The molecule has 0 radical (unpaired) electrons. The number of carbonyl (C=O) groups is 2. The quantitative estimate of drug-likeness (QED) is 0.396. The summed E-state index contributed by atoms with van der Waals surface area (Å²) in [6.07, 6.45) is 0. The van der Waals surface area contributed by atoms with Crippen LogP contribution in [0.3, 0.4) is 0 Å². The third-order valence-corrected chi connectivity index (χ3v) is 7.29. The van der Waals surface area contributed by atoms with Crippen LogP contribution in [0.15, 0.2) is 68.4 Å². The van der Waals surface area contributed by atoms with Crippen molar-refractivity contribution in [3.63, 3.8) is 0 Å². The second kappa shape index (κ2) is 7.19. The molecular formula is C21H13Br2NO4S. The normalized spacial score (nSPS) is 13.1. The van der Waals surface area contributed by atoms with Gasteiger partial charge in [0.25, 0.3) is 10.0 Å². The van der Waals surface area contributed by atoms with Crippen LogP contribution in [0.1, 0.15) is 37.4 Å². The largest absolute Gasteiger partial charge is 0.289 e. The number of carbonyl (C=O) groups excluding carboxylic acids is 2. The third-order valence-electron chi connectivity index (χ3n) is 4.67. The fourth-order valence-electron chi connectivity index (χ4n) is 3.23.